The lowest BCUT2D eigenvalue weighted by Gasteiger charge is -2.38. The van der Waals surface area contributed by atoms with E-state index >= 15 is 0 Å². The third kappa shape index (κ3) is 3.88. The quantitative estimate of drug-likeness (QED) is 0.171. The molecule has 41 heavy (non-hydrogen) atoms. The molecule has 4 nitrogen and oxygen atoms in total. The number of fused-ring (bicyclic) bond motifs is 7. The van der Waals surface area contributed by atoms with Gasteiger partial charge in [-0.05, 0) is 75.5 Å². The Morgan fingerprint density at radius 2 is 1.20 bits per heavy atom. The monoisotopic (exact) mass is 537 g/mol. The van der Waals surface area contributed by atoms with Gasteiger partial charge in [0.2, 0.25) is 0 Å². The van der Waals surface area contributed by atoms with Crippen molar-refractivity contribution in [2.24, 2.45) is 5.92 Å². The second-order valence-corrected chi connectivity index (χ2v) is 11.8. The molecule has 2 bridgehead atoms. The molecule has 8 rings (SSSR count). The SMILES string of the molecule is O=C(c1c2ccccc2cc2ccccc12)C1CC2CCC(C1)N2C(=O)OCC1c2ccccc2-c2ccccc21. The smallest absolute Gasteiger partial charge is 0.410 e. The predicted molar refractivity (Wildman–Crippen MR) is 162 cm³/mol. The van der Waals surface area contributed by atoms with Gasteiger partial charge in [-0.3, -0.25) is 4.79 Å². The fraction of sp³-hybridized carbons (Fsp3) is 0.243. The van der Waals surface area contributed by atoms with Gasteiger partial charge in [-0.25, -0.2) is 4.79 Å². The third-order valence-corrected chi connectivity index (χ3v) is 9.67. The zero-order valence-corrected chi connectivity index (χ0v) is 22.8. The van der Waals surface area contributed by atoms with E-state index in [1.807, 2.05) is 29.2 Å². The van der Waals surface area contributed by atoms with Gasteiger partial charge < -0.3 is 9.64 Å². The number of hydrogen-bond acceptors (Lipinski definition) is 3. The number of nitrogens with zero attached hydrogens (tertiary/aromatic N) is 1. The molecule has 2 aliphatic heterocycles. The van der Waals surface area contributed by atoms with Gasteiger partial charge in [0, 0.05) is 29.5 Å². The number of ketones is 1. The largest absolute Gasteiger partial charge is 0.448 e. The maximum absolute atomic E-state index is 14.2. The Kier molecular flexibility index (Phi) is 5.70. The molecule has 1 amide bonds. The Balaban J connectivity index is 1.03. The molecule has 202 valence electrons. The van der Waals surface area contributed by atoms with Crippen LogP contribution in [0.4, 0.5) is 4.79 Å². The van der Waals surface area contributed by atoms with Crippen LogP contribution < -0.4 is 0 Å². The van der Waals surface area contributed by atoms with Gasteiger partial charge in [0.1, 0.15) is 6.61 Å². The Morgan fingerprint density at radius 3 is 1.78 bits per heavy atom. The lowest BCUT2D eigenvalue weighted by atomic mass is 9.82. The van der Waals surface area contributed by atoms with Gasteiger partial charge in [-0.1, -0.05) is 97.1 Å². The van der Waals surface area contributed by atoms with E-state index in [-0.39, 0.29) is 35.8 Å². The van der Waals surface area contributed by atoms with Crippen molar-refractivity contribution in [1.82, 2.24) is 4.90 Å². The van der Waals surface area contributed by atoms with Crippen LogP contribution in [0.25, 0.3) is 32.7 Å². The Hall–Kier alpha value is -4.44. The summed E-state index contributed by atoms with van der Waals surface area (Å²) in [5.41, 5.74) is 5.72. The molecule has 4 heteroatoms. The summed E-state index contributed by atoms with van der Waals surface area (Å²) >= 11 is 0. The summed E-state index contributed by atoms with van der Waals surface area (Å²) < 4.78 is 6.06. The Labute approximate surface area is 239 Å². The summed E-state index contributed by atoms with van der Waals surface area (Å²) in [6.07, 6.45) is 3.00. The summed E-state index contributed by atoms with van der Waals surface area (Å²) in [6.45, 7) is 0.327. The van der Waals surface area contributed by atoms with E-state index in [0.717, 1.165) is 39.9 Å². The first-order chi connectivity index (χ1) is 20.2. The van der Waals surface area contributed by atoms with E-state index < -0.39 is 0 Å². The average molecular weight is 538 g/mol. The molecule has 2 atom stereocenters. The molecule has 5 aromatic carbocycles. The third-order valence-electron chi connectivity index (χ3n) is 9.67. The minimum absolute atomic E-state index is 0.0413. The van der Waals surface area contributed by atoms with E-state index in [4.69, 9.17) is 4.74 Å². The number of carbonyl (C=O) groups is 2. The normalized spacial score (nSPS) is 21.2. The summed E-state index contributed by atoms with van der Waals surface area (Å²) in [4.78, 5) is 29.7. The zero-order valence-electron chi connectivity index (χ0n) is 22.8. The van der Waals surface area contributed by atoms with Crippen LogP contribution in [0.15, 0.2) is 103 Å². The molecule has 0 radical (unpaired) electrons. The molecule has 0 N–H and O–H groups in total. The van der Waals surface area contributed by atoms with E-state index in [9.17, 15) is 9.59 Å². The number of benzene rings is 5. The summed E-state index contributed by atoms with van der Waals surface area (Å²) in [5.74, 6) is 0.157. The van der Waals surface area contributed by atoms with Crippen molar-refractivity contribution in [3.05, 3.63) is 120 Å². The van der Waals surface area contributed by atoms with Crippen molar-refractivity contribution in [2.45, 2.75) is 43.7 Å². The van der Waals surface area contributed by atoms with E-state index in [0.29, 0.717) is 19.4 Å². The molecule has 2 heterocycles. The van der Waals surface area contributed by atoms with Crippen molar-refractivity contribution in [3.8, 4) is 11.1 Å². The number of Topliss-reactive ketones (excluding diaryl/α,β-unsaturated/α-hetero) is 1. The van der Waals surface area contributed by atoms with Crippen LogP contribution in [0.5, 0.6) is 0 Å². The molecule has 5 aromatic rings. The highest BCUT2D eigenvalue weighted by molar-refractivity contribution is 6.19. The molecular formula is C37H31NO3. The molecule has 1 aliphatic carbocycles. The number of piperidine rings is 1. The molecule has 2 fully saturated rings. The number of ether oxygens (including phenoxy) is 1. The van der Waals surface area contributed by atoms with Crippen molar-refractivity contribution in [3.63, 3.8) is 0 Å². The molecule has 0 aromatic heterocycles. The maximum atomic E-state index is 14.2. The van der Waals surface area contributed by atoms with Crippen LogP contribution in [0, 0.1) is 5.92 Å². The highest BCUT2D eigenvalue weighted by Crippen LogP contribution is 2.46. The second kappa shape index (κ2) is 9.59. The lowest BCUT2D eigenvalue weighted by molar-refractivity contribution is 0.0507. The first kappa shape index (κ1) is 24.4. The fourth-order valence-corrected chi connectivity index (χ4v) is 7.84. The summed E-state index contributed by atoms with van der Waals surface area (Å²) in [5, 5.41) is 4.22. The van der Waals surface area contributed by atoms with E-state index in [1.54, 1.807) is 0 Å². The van der Waals surface area contributed by atoms with Crippen molar-refractivity contribution < 1.29 is 14.3 Å². The molecule has 2 unspecified atom stereocenters. The average Bonchev–Trinajstić information content (AvgIpc) is 3.48. The molecule has 0 saturated carbocycles. The topological polar surface area (TPSA) is 46.6 Å². The van der Waals surface area contributed by atoms with Crippen LogP contribution in [-0.4, -0.2) is 35.5 Å². The Morgan fingerprint density at radius 1 is 0.683 bits per heavy atom. The summed E-state index contributed by atoms with van der Waals surface area (Å²) in [7, 11) is 0. The standard InChI is InChI=1S/C37H31NO3/c39-36(35-28-11-3-1-9-23(28)19-24-10-2-4-12-29(24)35)25-20-26-17-18-27(21-25)38(26)37(40)41-22-34-32-15-7-5-13-30(32)31-14-6-8-16-33(31)34/h1-16,19,25-27,34H,17-18,20-22H2. The summed E-state index contributed by atoms with van der Waals surface area (Å²) in [6, 6.07) is 35.5. The number of hydrogen-bond donors (Lipinski definition) is 0. The molecular weight excluding hydrogens is 506 g/mol. The van der Waals surface area contributed by atoms with E-state index in [2.05, 4.69) is 78.9 Å². The van der Waals surface area contributed by atoms with Crippen LogP contribution in [0.3, 0.4) is 0 Å². The van der Waals surface area contributed by atoms with Gasteiger partial charge in [-0.15, -0.1) is 0 Å². The number of rotatable bonds is 4. The van der Waals surface area contributed by atoms with Crippen molar-refractivity contribution in [1.29, 1.82) is 0 Å². The fourth-order valence-electron chi connectivity index (χ4n) is 7.84. The van der Waals surface area contributed by atoms with E-state index in [1.165, 1.54) is 22.3 Å². The van der Waals surface area contributed by atoms with Gasteiger partial charge in [-0.2, -0.15) is 0 Å². The highest BCUT2D eigenvalue weighted by Gasteiger charge is 2.46. The highest BCUT2D eigenvalue weighted by atomic mass is 16.6. The Bertz CT molecular complexity index is 1730. The minimum Gasteiger partial charge on any atom is -0.448 e. The van der Waals surface area contributed by atoms with Crippen molar-refractivity contribution in [2.75, 3.05) is 6.61 Å². The molecule has 2 saturated heterocycles. The zero-order chi connectivity index (χ0) is 27.5. The minimum atomic E-state index is -0.235. The van der Waals surface area contributed by atoms with Crippen LogP contribution >= 0.6 is 0 Å². The van der Waals surface area contributed by atoms with Gasteiger partial charge >= 0.3 is 6.09 Å². The van der Waals surface area contributed by atoms with Crippen molar-refractivity contribution >= 4 is 33.4 Å². The lowest BCUT2D eigenvalue weighted by Crippen LogP contribution is -2.48. The molecule has 0 spiro atoms. The van der Waals surface area contributed by atoms with Gasteiger partial charge in [0.15, 0.2) is 5.78 Å². The predicted octanol–water partition coefficient (Wildman–Crippen LogP) is 8.37. The number of carbonyl (C=O) groups excluding carboxylic acids is 2. The maximum Gasteiger partial charge on any atom is 0.410 e. The van der Waals surface area contributed by atoms with Gasteiger partial charge in [0.05, 0.1) is 0 Å². The molecule has 3 aliphatic rings. The second-order valence-electron chi connectivity index (χ2n) is 11.8. The van der Waals surface area contributed by atoms with Crippen LogP contribution in [0.2, 0.25) is 0 Å². The van der Waals surface area contributed by atoms with Crippen LogP contribution in [-0.2, 0) is 4.74 Å². The van der Waals surface area contributed by atoms with Crippen LogP contribution in [0.1, 0.15) is 53.1 Å². The van der Waals surface area contributed by atoms with Gasteiger partial charge in [0.25, 0.3) is 0 Å². The first-order valence-electron chi connectivity index (χ1n) is 14.8. The number of amides is 1. The first-order valence-corrected chi connectivity index (χ1v) is 14.8.